The van der Waals surface area contributed by atoms with Gasteiger partial charge in [-0.3, -0.25) is 9.48 Å². The number of carbonyl (C=O) groups is 1. The van der Waals surface area contributed by atoms with Gasteiger partial charge >= 0.3 is 5.97 Å². The summed E-state index contributed by atoms with van der Waals surface area (Å²) in [5.41, 5.74) is 2.95. The van der Waals surface area contributed by atoms with Crippen molar-refractivity contribution in [2.75, 3.05) is 5.75 Å². The summed E-state index contributed by atoms with van der Waals surface area (Å²) in [5, 5.41) is 14.3. The molecule has 1 saturated carbocycles. The normalized spacial score (nSPS) is 16.1. The number of hydrogen-bond donors (Lipinski definition) is 1. The lowest BCUT2D eigenvalue weighted by atomic mass is 10.2. The van der Waals surface area contributed by atoms with E-state index in [0.29, 0.717) is 6.04 Å². The molecule has 114 valence electrons. The van der Waals surface area contributed by atoms with Crippen LogP contribution in [0.4, 0.5) is 0 Å². The van der Waals surface area contributed by atoms with Gasteiger partial charge in [0.05, 0.1) is 11.4 Å². The van der Waals surface area contributed by atoms with Gasteiger partial charge in [0.2, 0.25) is 0 Å². The number of thioether (sulfide) groups is 1. The third-order valence-electron chi connectivity index (χ3n) is 4.05. The molecule has 0 atom stereocenters. The predicted octanol–water partition coefficient (Wildman–Crippen LogP) is 2.62. The largest absolute Gasteiger partial charge is 0.481 e. The van der Waals surface area contributed by atoms with Crippen LogP contribution < -0.4 is 0 Å². The minimum atomic E-state index is -0.807. The number of imidazole rings is 1. The molecule has 1 aliphatic carbocycles. The fourth-order valence-electron chi connectivity index (χ4n) is 3.14. The Morgan fingerprint density at radius 1 is 1.43 bits per heavy atom. The number of rotatable bonds is 5. The van der Waals surface area contributed by atoms with E-state index >= 15 is 0 Å². The van der Waals surface area contributed by atoms with E-state index in [0.717, 1.165) is 41.3 Å². The first kappa shape index (κ1) is 14.4. The third kappa shape index (κ3) is 2.54. The van der Waals surface area contributed by atoms with Crippen LogP contribution in [-0.4, -0.2) is 36.2 Å². The molecular formula is C14H20N4O2S. The molecule has 1 fully saturated rings. The van der Waals surface area contributed by atoms with E-state index in [1.807, 2.05) is 11.7 Å². The molecule has 7 heteroatoms. The molecule has 0 radical (unpaired) electrons. The highest BCUT2D eigenvalue weighted by Gasteiger charge is 2.26. The average Bonchev–Trinajstić information content (AvgIpc) is 3.13. The summed E-state index contributed by atoms with van der Waals surface area (Å²) in [4.78, 5) is 15.6. The molecule has 0 saturated heterocycles. The Balaban J connectivity index is 2.10. The molecule has 2 heterocycles. The molecule has 0 aliphatic heterocycles. The van der Waals surface area contributed by atoms with Crippen molar-refractivity contribution in [1.82, 2.24) is 19.3 Å². The van der Waals surface area contributed by atoms with Crippen molar-refractivity contribution >= 4 is 28.9 Å². The molecular weight excluding hydrogens is 288 g/mol. The van der Waals surface area contributed by atoms with Gasteiger partial charge in [-0.05, 0) is 19.3 Å². The van der Waals surface area contributed by atoms with Gasteiger partial charge < -0.3 is 9.67 Å². The molecule has 0 amide bonds. The van der Waals surface area contributed by atoms with Gasteiger partial charge in [-0.15, -0.1) is 0 Å². The van der Waals surface area contributed by atoms with E-state index in [2.05, 4.69) is 16.6 Å². The lowest BCUT2D eigenvalue weighted by Crippen LogP contribution is -2.10. The fraction of sp³-hybridized carbons (Fsp3) is 0.643. The highest BCUT2D eigenvalue weighted by atomic mass is 32.2. The number of carboxylic acids is 1. The zero-order chi connectivity index (χ0) is 15.0. The van der Waals surface area contributed by atoms with Crippen molar-refractivity contribution in [3.05, 3.63) is 5.69 Å². The smallest absolute Gasteiger partial charge is 0.313 e. The highest BCUT2D eigenvalue weighted by Crippen LogP contribution is 2.37. The number of aryl methyl sites for hydroxylation is 2. The van der Waals surface area contributed by atoms with Crippen molar-refractivity contribution in [2.24, 2.45) is 7.05 Å². The first-order valence-corrected chi connectivity index (χ1v) is 8.38. The lowest BCUT2D eigenvalue weighted by Gasteiger charge is -2.15. The highest BCUT2D eigenvalue weighted by molar-refractivity contribution is 7.99. The first-order valence-electron chi connectivity index (χ1n) is 7.40. The second kappa shape index (κ2) is 5.71. The van der Waals surface area contributed by atoms with Crippen LogP contribution in [0.15, 0.2) is 5.16 Å². The van der Waals surface area contributed by atoms with Crippen LogP contribution in [0.5, 0.6) is 0 Å². The maximum atomic E-state index is 10.9. The Bertz CT molecular complexity index is 670. The summed E-state index contributed by atoms with van der Waals surface area (Å²) in [7, 11) is 1.94. The van der Waals surface area contributed by atoms with Gasteiger partial charge in [0, 0.05) is 13.1 Å². The van der Waals surface area contributed by atoms with Crippen LogP contribution in [0, 0.1) is 0 Å². The van der Waals surface area contributed by atoms with Crippen molar-refractivity contribution in [2.45, 2.75) is 50.2 Å². The van der Waals surface area contributed by atoms with E-state index < -0.39 is 5.97 Å². The maximum absolute atomic E-state index is 10.9. The average molecular weight is 308 g/mol. The topological polar surface area (TPSA) is 72.9 Å². The second-order valence-electron chi connectivity index (χ2n) is 5.48. The quantitative estimate of drug-likeness (QED) is 0.860. The van der Waals surface area contributed by atoms with E-state index in [1.54, 1.807) is 0 Å². The van der Waals surface area contributed by atoms with Crippen molar-refractivity contribution in [3.8, 4) is 0 Å². The molecule has 3 rings (SSSR count). The van der Waals surface area contributed by atoms with Crippen molar-refractivity contribution in [3.63, 3.8) is 0 Å². The number of aliphatic carboxylic acids is 1. The Morgan fingerprint density at radius 3 is 2.76 bits per heavy atom. The predicted molar refractivity (Wildman–Crippen MR) is 81.7 cm³/mol. The zero-order valence-corrected chi connectivity index (χ0v) is 13.2. The minimum absolute atomic E-state index is 0.0466. The standard InChI is InChI=1S/C14H20N4O2S/c1-3-10-12-13(17(2)16-10)18(9-6-4-5-7-9)14(15-12)21-8-11(19)20/h9H,3-8H2,1-2H3,(H,19,20). The van der Waals surface area contributed by atoms with E-state index in [-0.39, 0.29) is 5.75 Å². The lowest BCUT2D eigenvalue weighted by molar-refractivity contribution is -0.133. The Labute approximate surface area is 127 Å². The Morgan fingerprint density at radius 2 is 2.14 bits per heavy atom. The summed E-state index contributed by atoms with van der Waals surface area (Å²) in [5.74, 6) is -0.760. The fourth-order valence-corrected chi connectivity index (χ4v) is 3.92. The Hall–Kier alpha value is -1.50. The SMILES string of the molecule is CCc1nn(C)c2c1nc(SCC(=O)O)n2C1CCCC1. The van der Waals surface area contributed by atoms with Crippen LogP contribution >= 0.6 is 11.8 Å². The molecule has 1 aliphatic rings. The summed E-state index contributed by atoms with van der Waals surface area (Å²) >= 11 is 1.31. The zero-order valence-electron chi connectivity index (χ0n) is 12.4. The van der Waals surface area contributed by atoms with Gasteiger partial charge in [-0.1, -0.05) is 31.5 Å². The Kier molecular flexibility index (Phi) is 3.93. The first-order chi connectivity index (χ1) is 10.1. The van der Waals surface area contributed by atoms with Gasteiger partial charge in [-0.25, -0.2) is 4.98 Å². The third-order valence-corrected chi connectivity index (χ3v) is 4.99. The molecule has 0 unspecified atom stereocenters. The van der Waals surface area contributed by atoms with E-state index in [4.69, 9.17) is 10.1 Å². The summed E-state index contributed by atoms with van der Waals surface area (Å²) in [6, 6.07) is 0.423. The van der Waals surface area contributed by atoms with Crippen LogP contribution in [0.3, 0.4) is 0 Å². The number of fused-ring (bicyclic) bond motifs is 1. The molecule has 0 aromatic carbocycles. The molecule has 1 N–H and O–H groups in total. The monoisotopic (exact) mass is 308 g/mol. The second-order valence-corrected chi connectivity index (χ2v) is 6.42. The number of hydrogen-bond acceptors (Lipinski definition) is 4. The summed E-state index contributed by atoms with van der Waals surface area (Å²) in [6.07, 6.45) is 5.57. The number of aromatic nitrogens is 4. The van der Waals surface area contributed by atoms with Crippen LogP contribution in [0.25, 0.3) is 11.2 Å². The molecule has 6 nitrogen and oxygen atoms in total. The van der Waals surface area contributed by atoms with Gasteiger partial charge in [0.15, 0.2) is 10.8 Å². The van der Waals surface area contributed by atoms with Crippen molar-refractivity contribution in [1.29, 1.82) is 0 Å². The van der Waals surface area contributed by atoms with Crippen LogP contribution in [0.2, 0.25) is 0 Å². The molecule has 21 heavy (non-hydrogen) atoms. The van der Waals surface area contributed by atoms with Gasteiger partial charge in [0.1, 0.15) is 5.52 Å². The van der Waals surface area contributed by atoms with Gasteiger partial charge in [-0.2, -0.15) is 5.10 Å². The van der Waals surface area contributed by atoms with Crippen LogP contribution in [-0.2, 0) is 18.3 Å². The minimum Gasteiger partial charge on any atom is -0.481 e. The van der Waals surface area contributed by atoms with Gasteiger partial charge in [0.25, 0.3) is 0 Å². The van der Waals surface area contributed by atoms with Crippen molar-refractivity contribution < 1.29 is 9.90 Å². The molecule has 0 spiro atoms. The summed E-state index contributed by atoms with van der Waals surface area (Å²) in [6.45, 7) is 2.07. The molecule has 0 bridgehead atoms. The number of nitrogens with zero attached hydrogens (tertiary/aromatic N) is 4. The van der Waals surface area contributed by atoms with E-state index in [1.165, 1.54) is 24.6 Å². The number of carboxylic acid groups (broad SMARTS) is 1. The summed E-state index contributed by atoms with van der Waals surface area (Å²) < 4.78 is 4.12. The molecule has 2 aromatic rings. The molecule has 2 aromatic heterocycles. The van der Waals surface area contributed by atoms with E-state index in [9.17, 15) is 4.79 Å². The maximum Gasteiger partial charge on any atom is 0.313 e. The van der Waals surface area contributed by atoms with Crippen LogP contribution in [0.1, 0.15) is 44.3 Å².